The highest BCUT2D eigenvalue weighted by Crippen LogP contribution is 2.23. The number of rotatable bonds is 10. The molecule has 1 aromatic heterocycles. The van der Waals surface area contributed by atoms with E-state index >= 15 is 0 Å². The number of anilines is 1. The third-order valence-electron chi connectivity index (χ3n) is 6.72. The molecule has 0 unspecified atom stereocenters. The molecule has 1 aliphatic rings. The van der Waals surface area contributed by atoms with Crippen molar-refractivity contribution in [1.82, 2.24) is 20.4 Å². The van der Waals surface area contributed by atoms with Gasteiger partial charge in [-0.3, -0.25) is 4.79 Å². The summed E-state index contributed by atoms with van der Waals surface area (Å²) >= 11 is 0. The van der Waals surface area contributed by atoms with Crippen molar-refractivity contribution in [3.63, 3.8) is 0 Å². The summed E-state index contributed by atoms with van der Waals surface area (Å²) in [5.41, 5.74) is 0.260. The number of carbonyl (C=O) groups is 2. The molecule has 0 radical (unpaired) electrons. The maximum absolute atomic E-state index is 14.4. The third kappa shape index (κ3) is 8.51. The monoisotopic (exact) mass is 601 g/mol. The van der Waals surface area contributed by atoms with Gasteiger partial charge < -0.3 is 24.8 Å². The molecule has 4 rings (SSSR count). The first kappa shape index (κ1) is 30.9. The molecule has 2 amide bonds. The van der Waals surface area contributed by atoms with Crippen LogP contribution in [0.2, 0.25) is 0 Å². The molecule has 0 spiro atoms. The average molecular weight is 602 g/mol. The van der Waals surface area contributed by atoms with Crippen molar-refractivity contribution >= 4 is 27.9 Å². The molecule has 13 heteroatoms. The summed E-state index contributed by atoms with van der Waals surface area (Å²) in [6.07, 6.45) is 2.12. The summed E-state index contributed by atoms with van der Waals surface area (Å²) < 4.78 is 48.5. The van der Waals surface area contributed by atoms with Gasteiger partial charge in [-0.05, 0) is 75.9 Å². The maximum Gasteiger partial charge on any atom is 0.407 e. The van der Waals surface area contributed by atoms with Crippen LogP contribution in [0.4, 0.5) is 15.2 Å². The van der Waals surface area contributed by atoms with Crippen LogP contribution in [0.25, 0.3) is 11.4 Å². The van der Waals surface area contributed by atoms with E-state index in [1.807, 2.05) is 0 Å². The minimum Gasteiger partial charge on any atom is -0.444 e. The third-order valence-corrected chi connectivity index (χ3v) is 7.85. The number of benzene rings is 2. The van der Waals surface area contributed by atoms with E-state index in [9.17, 15) is 22.4 Å². The second kappa shape index (κ2) is 12.9. The van der Waals surface area contributed by atoms with Crippen LogP contribution in [0.15, 0.2) is 57.9 Å². The van der Waals surface area contributed by atoms with Crippen molar-refractivity contribution in [2.75, 3.05) is 24.7 Å². The highest BCUT2D eigenvalue weighted by molar-refractivity contribution is 7.90. The molecule has 3 aromatic rings. The van der Waals surface area contributed by atoms with Gasteiger partial charge in [0.25, 0.3) is 0 Å². The lowest BCUT2D eigenvalue weighted by atomic mass is 10.0. The molecule has 42 heavy (non-hydrogen) atoms. The molecular formula is C29H36FN5O6S. The fourth-order valence-corrected chi connectivity index (χ4v) is 5.38. The van der Waals surface area contributed by atoms with Gasteiger partial charge >= 0.3 is 12.1 Å². The van der Waals surface area contributed by atoms with Gasteiger partial charge in [0.1, 0.15) is 11.4 Å². The van der Waals surface area contributed by atoms with Crippen LogP contribution in [0.3, 0.4) is 0 Å². The Labute approximate surface area is 244 Å². The summed E-state index contributed by atoms with van der Waals surface area (Å²) in [5.74, 6) is -0.288. The van der Waals surface area contributed by atoms with E-state index in [4.69, 9.17) is 9.26 Å². The van der Waals surface area contributed by atoms with Crippen LogP contribution < -0.4 is 10.6 Å². The van der Waals surface area contributed by atoms with Crippen LogP contribution in [0.5, 0.6) is 0 Å². The molecule has 226 valence electrons. The molecule has 11 nitrogen and oxygen atoms in total. The second-order valence-electron chi connectivity index (χ2n) is 11.3. The number of hydrogen-bond acceptors (Lipinski definition) is 9. The summed E-state index contributed by atoms with van der Waals surface area (Å²) in [6, 6.07) is 11.8. The van der Waals surface area contributed by atoms with E-state index in [2.05, 4.69) is 20.8 Å². The van der Waals surface area contributed by atoms with Crippen LogP contribution in [0.1, 0.15) is 45.6 Å². The predicted molar refractivity (Wildman–Crippen MR) is 154 cm³/mol. The van der Waals surface area contributed by atoms with Crippen molar-refractivity contribution in [3.05, 3.63) is 59.9 Å². The number of sulfone groups is 1. The van der Waals surface area contributed by atoms with E-state index in [-0.39, 0.29) is 35.7 Å². The molecule has 1 saturated heterocycles. The number of likely N-dealkylation sites (tertiary alicyclic amines) is 1. The lowest BCUT2D eigenvalue weighted by Gasteiger charge is -2.28. The number of hydrogen-bond donors (Lipinski definition) is 2. The first-order valence-corrected chi connectivity index (χ1v) is 15.6. The molecule has 1 fully saturated rings. The Morgan fingerprint density at radius 3 is 2.55 bits per heavy atom. The molecule has 1 aliphatic heterocycles. The fraction of sp³-hybridized carbons (Fsp3) is 0.448. The number of ether oxygens (including phenoxy) is 1. The van der Waals surface area contributed by atoms with Crippen molar-refractivity contribution in [2.45, 2.75) is 69.0 Å². The van der Waals surface area contributed by atoms with Crippen molar-refractivity contribution in [2.24, 2.45) is 0 Å². The summed E-state index contributed by atoms with van der Waals surface area (Å²) in [6.45, 7) is 6.13. The lowest BCUT2D eigenvalue weighted by Crippen LogP contribution is -2.46. The number of carbonyl (C=O) groups excluding carboxylic acids is 2. The molecule has 0 aliphatic carbocycles. The lowest BCUT2D eigenvalue weighted by molar-refractivity contribution is -0.132. The van der Waals surface area contributed by atoms with Crippen molar-refractivity contribution in [3.8, 4) is 11.4 Å². The molecule has 0 bridgehead atoms. The number of nitrogens with zero attached hydrogens (tertiary/aromatic N) is 3. The molecule has 2 aromatic carbocycles. The predicted octanol–water partition coefficient (Wildman–Crippen LogP) is 4.21. The number of halogens is 1. The minimum atomic E-state index is -3.32. The van der Waals surface area contributed by atoms with Gasteiger partial charge in [0.05, 0.1) is 4.90 Å². The number of aromatic nitrogens is 2. The number of nitrogens with one attached hydrogen (secondary N) is 2. The maximum atomic E-state index is 14.4. The Bertz CT molecular complexity index is 1500. The van der Waals surface area contributed by atoms with Gasteiger partial charge in [-0.15, -0.1) is 0 Å². The Morgan fingerprint density at radius 2 is 1.88 bits per heavy atom. The van der Waals surface area contributed by atoms with Crippen LogP contribution in [-0.2, 0) is 25.8 Å². The summed E-state index contributed by atoms with van der Waals surface area (Å²) in [5, 5.41) is 9.79. The van der Waals surface area contributed by atoms with Gasteiger partial charge in [-0.2, -0.15) is 4.98 Å². The second-order valence-corrected chi connectivity index (χ2v) is 13.3. The zero-order valence-corrected chi connectivity index (χ0v) is 24.9. The molecule has 0 saturated carbocycles. The molecular weight excluding hydrogens is 565 g/mol. The number of alkyl carbamates (subject to hydrolysis) is 1. The fourth-order valence-electron chi connectivity index (χ4n) is 4.75. The van der Waals surface area contributed by atoms with Gasteiger partial charge in [0.15, 0.2) is 9.84 Å². The van der Waals surface area contributed by atoms with Crippen LogP contribution >= 0.6 is 0 Å². The molecule has 2 atom stereocenters. The normalized spacial score (nSPS) is 16.2. The van der Waals surface area contributed by atoms with Gasteiger partial charge in [-0.1, -0.05) is 23.4 Å². The highest BCUT2D eigenvalue weighted by atomic mass is 32.2. The van der Waals surface area contributed by atoms with Crippen LogP contribution in [0, 0.1) is 5.82 Å². The van der Waals surface area contributed by atoms with Gasteiger partial charge in [0.2, 0.25) is 11.7 Å². The zero-order chi connectivity index (χ0) is 30.5. The zero-order valence-electron chi connectivity index (χ0n) is 24.1. The van der Waals surface area contributed by atoms with E-state index in [1.54, 1.807) is 56.0 Å². The Morgan fingerprint density at radius 1 is 1.17 bits per heavy atom. The SMILES string of the molecule is CC(C)(C)OC(=O)N[C@@H](CC(=O)N1CCC[C@H]1CNc1nc(-c2ccc(S(C)(=O)=O)cc2)no1)Cc1ccccc1F. The Hall–Kier alpha value is -4.00. The topological polar surface area (TPSA) is 144 Å². The van der Waals surface area contributed by atoms with Gasteiger partial charge in [0, 0.05) is 43.4 Å². The van der Waals surface area contributed by atoms with E-state index in [1.165, 1.54) is 18.2 Å². The van der Waals surface area contributed by atoms with Gasteiger partial charge in [-0.25, -0.2) is 17.6 Å². The minimum absolute atomic E-state index is 0.0295. The number of amides is 2. The highest BCUT2D eigenvalue weighted by Gasteiger charge is 2.31. The first-order chi connectivity index (χ1) is 19.8. The Balaban J connectivity index is 1.38. The first-order valence-electron chi connectivity index (χ1n) is 13.7. The largest absolute Gasteiger partial charge is 0.444 e. The quantitative estimate of drug-likeness (QED) is 0.349. The molecule has 2 N–H and O–H groups in total. The van der Waals surface area contributed by atoms with E-state index in [0.29, 0.717) is 30.0 Å². The van der Waals surface area contributed by atoms with Crippen molar-refractivity contribution < 1.29 is 31.7 Å². The Kier molecular flexibility index (Phi) is 9.50. The van der Waals surface area contributed by atoms with E-state index < -0.39 is 33.4 Å². The summed E-state index contributed by atoms with van der Waals surface area (Å²) in [4.78, 5) is 32.2. The van der Waals surface area contributed by atoms with Crippen molar-refractivity contribution in [1.29, 1.82) is 0 Å². The van der Waals surface area contributed by atoms with Crippen LogP contribution in [-0.4, -0.2) is 72.5 Å². The average Bonchev–Trinajstić information content (AvgIpc) is 3.57. The standard InChI is InChI=1S/C29H36FN5O6S/c1-29(2,3)40-28(37)32-21(16-20-8-5-6-10-24(20)30)17-25(36)35-15-7-9-22(35)18-31-27-33-26(34-41-27)19-11-13-23(14-12-19)42(4,38)39/h5-6,8,10-14,21-22H,7,9,15-18H2,1-4H3,(H,32,37)(H,31,33,34)/t21-,22+/m1/s1. The smallest absolute Gasteiger partial charge is 0.407 e. The summed E-state index contributed by atoms with van der Waals surface area (Å²) in [7, 11) is -3.32. The molecule has 2 heterocycles. The van der Waals surface area contributed by atoms with E-state index in [0.717, 1.165) is 19.1 Å².